The molecule has 0 bridgehead atoms. The summed E-state index contributed by atoms with van der Waals surface area (Å²) in [5, 5.41) is 9.87. The molecule has 1 heterocycles. The van der Waals surface area contributed by atoms with Gasteiger partial charge in [0.25, 0.3) is 0 Å². The number of methoxy groups -OCH3 is 1. The van der Waals surface area contributed by atoms with Crippen molar-refractivity contribution < 1.29 is 4.74 Å². The third kappa shape index (κ3) is 3.37. The molecule has 0 atom stereocenters. The average molecular weight is 275 g/mol. The van der Waals surface area contributed by atoms with E-state index in [2.05, 4.69) is 6.07 Å². The monoisotopic (exact) mass is 274 g/mol. The van der Waals surface area contributed by atoms with Gasteiger partial charge in [-0.3, -0.25) is 0 Å². The summed E-state index contributed by atoms with van der Waals surface area (Å²) in [4.78, 5) is 0. The summed E-state index contributed by atoms with van der Waals surface area (Å²) in [6.45, 7) is 1.32. The van der Waals surface area contributed by atoms with Crippen LogP contribution >= 0.6 is 11.6 Å². The predicted molar refractivity (Wildman–Crippen MR) is 75.3 cm³/mol. The lowest BCUT2D eigenvalue weighted by Crippen LogP contribution is -2.08. The van der Waals surface area contributed by atoms with E-state index in [0.717, 1.165) is 22.7 Å². The molecule has 2 rings (SSSR count). The zero-order valence-electron chi connectivity index (χ0n) is 10.8. The number of hydrogen-bond acceptors (Lipinski definition) is 2. The van der Waals surface area contributed by atoms with E-state index in [-0.39, 0.29) is 0 Å². The summed E-state index contributed by atoms with van der Waals surface area (Å²) in [5.41, 5.74) is 2.89. The van der Waals surface area contributed by atoms with Gasteiger partial charge in [0, 0.05) is 30.8 Å². The van der Waals surface area contributed by atoms with Crippen LogP contribution in [0.5, 0.6) is 0 Å². The van der Waals surface area contributed by atoms with E-state index in [9.17, 15) is 0 Å². The lowest BCUT2D eigenvalue weighted by atomic mass is 10.2. The van der Waals surface area contributed by atoms with Crippen molar-refractivity contribution in [3.63, 3.8) is 0 Å². The topological polar surface area (TPSA) is 37.9 Å². The maximum atomic E-state index is 9.16. The number of halogens is 1. The van der Waals surface area contributed by atoms with Crippen LogP contribution in [0.4, 0.5) is 0 Å². The number of nitriles is 1. The molecule has 3 nitrogen and oxygen atoms in total. The molecule has 0 amide bonds. The molecule has 0 unspecified atom stereocenters. The van der Waals surface area contributed by atoms with Gasteiger partial charge in [-0.05, 0) is 29.8 Å². The Hall–Kier alpha value is -1.76. The maximum absolute atomic E-state index is 9.16. The molecule has 0 spiro atoms. The minimum atomic E-state index is 0.648. The van der Waals surface area contributed by atoms with Gasteiger partial charge in [0.15, 0.2) is 0 Å². The third-order valence-corrected chi connectivity index (χ3v) is 3.25. The van der Waals surface area contributed by atoms with E-state index in [1.54, 1.807) is 7.11 Å². The van der Waals surface area contributed by atoms with Crippen molar-refractivity contribution in [3.05, 3.63) is 58.4 Å². The van der Waals surface area contributed by atoms with Gasteiger partial charge in [-0.2, -0.15) is 5.26 Å². The molecule has 0 N–H and O–H groups in total. The molecule has 0 radical (unpaired) electrons. The number of aromatic nitrogens is 1. The summed E-state index contributed by atoms with van der Waals surface area (Å²) in [6, 6.07) is 13.7. The van der Waals surface area contributed by atoms with Crippen LogP contribution in [-0.2, 0) is 17.7 Å². The molecule has 1 aromatic heterocycles. The van der Waals surface area contributed by atoms with Crippen molar-refractivity contribution >= 4 is 11.6 Å². The summed E-state index contributed by atoms with van der Waals surface area (Å²) in [7, 11) is 1.68. The lowest BCUT2D eigenvalue weighted by molar-refractivity contribution is 0.200. The fourth-order valence-electron chi connectivity index (χ4n) is 1.99. The van der Waals surface area contributed by atoms with Crippen LogP contribution in [0.2, 0.25) is 5.02 Å². The largest absolute Gasteiger partial charge is 0.384 e. The van der Waals surface area contributed by atoms with E-state index in [1.807, 2.05) is 41.0 Å². The molecule has 1 aromatic carbocycles. The maximum Gasteiger partial charge on any atom is 0.120 e. The van der Waals surface area contributed by atoms with Crippen molar-refractivity contribution in [1.29, 1.82) is 5.26 Å². The molecule has 4 heteroatoms. The second kappa shape index (κ2) is 6.42. The number of rotatable bonds is 5. The SMILES string of the molecule is COCCc1ccc(C#N)n1Cc1ccc(Cl)cc1. The Morgan fingerprint density at radius 2 is 1.95 bits per heavy atom. The summed E-state index contributed by atoms with van der Waals surface area (Å²) >= 11 is 5.88. The lowest BCUT2D eigenvalue weighted by Gasteiger charge is -2.10. The van der Waals surface area contributed by atoms with Crippen LogP contribution in [0.15, 0.2) is 36.4 Å². The zero-order chi connectivity index (χ0) is 13.7. The predicted octanol–water partition coefficient (Wildman–Crippen LogP) is 3.25. The van der Waals surface area contributed by atoms with Crippen molar-refractivity contribution in [2.75, 3.05) is 13.7 Å². The Labute approximate surface area is 118 Å². The highest BCUT2D eigenvalue weighted by molar-refractivity contribution is 6.30. The Morgan fingerprint density at radius 1 is 1.21 bits per heavy atom. The fourth-order valence-corrected chi connectivity index (χ4v) is 2.12. The Kier molecular flexibility index (Phi) is 4.62. The van der Waals surface area contributed by atoms with Gasteiger partial charge >= 0.3 is 0 Å². The Morgan fingerprint density at radius 3 is 2.58 bits per heavy atom. The number of ether oxygens (including phenoxy) is 1. The molecule has 0 saturated carbocycles. The van der Waals surface area contributed by atoms with Crippen molar-refractivity contribution in [3.8, 4) is 6.07 Å². The standard InChI is InChI=1S/C15H15ClN2O/c1-19-9-8-14-6-7-15(10-17)18(14)11-12-2-4-13(16)5-3-12/h2-7H,8-9,11H2,1H3. The van der Waals surface area contributed by atoms with Crippen LogP contribution in [0.3, 0.4) is 0 Å². The number of nitrogens with zero attached hydrogens (tertiary/aromatic N) is 2. The first-order valence-electron chi connectivity index (χ1n) is 6.06. The highest BCUT2D eigenvalue weighted by Crippen LogP contribution is 2.15. The highest BCUT2D eigenvalue weighted by atomic mass is 35.5. The first-order chi connectivity index (χ1) is 9.24. The van der Waals surface area contributed by atoms with Gasteiger partial charge in [-0.1, -0.05) is 23.7 Å². The Bertz CT molecular complexity index is 581. The normalized spacial score (nSPS) is 10.4. The Balaban J connectivity index is 2.24. The van der Waals surface area contributed by atoms with Crippen molar-refractivity contribution in [2.24, 2.45) is 0 Å². The van der Waals surface area contributed by atoms with Crippen LogP contribution in [0, 0.1) is 11.3 Å². The van der Waals surface area contributed by atoms with Gasteiger partial charge in [0.05, 0.1) is 6.61 Å². The molecule has 2 aromatic rings. The van der Waals surface area contributed by atoms with E-state index < -0.39 is 0 Å². The van der Waals surface area contributed by atoms with E-state index in [4.69, 9.17) is 21.6 Å². The minimum absolute atomic E-state index is 0.648. The molecule has 0 fully saturated rings. The van der Waals surface area contributed by atoms with Crippen molar-refractivity contribution in [2.45, 2.75) is 13.0 Å². The van der Waals surface area contributed by atoms with Crippen LogP contribution < -0.4 is 0 Å². The summed E-state index contributed by atoms with van der Waals surface area (Å²) in [5.74, 6) is 0. The molecule has 0 aliphatic heterocycles. The second-order valence-corrected chi connectivity index (χ2v) is 4.71. The third-order valence-electron chi connectivity index (χ3n) is 3.00. The molecular weight excluding hydrogens is 260 g/mol. The summed E-state index contributed by atoms with van der Waals surface area (Å²) in [6.07, 6.45) is 0.797. The van der Waals surface area contributed by atoms with E-state index in [0.29, 0.717) is 18.8 Å². The average Bonchev–Trinajstić information content (AvgIpc) is 2.81. The first kappa shape index (κ1) is 13.7. The summed E-state index contributed by atoms with van der Waals surface area (Å²) < 4.78 is 7.11. The van der Waals surface area contributed by atoms with Crippen LogP contribution in [0.1, 0.15) is 17.0 Å². The van der Waals surface area contributed by atoms with E-state index >= 15 is 0 Å². The molecule has 0 aliphatic rings. The minimum Gasteiger partial charge on any atom is -0.384 e. The van der Waals surface area contributed by atoms with Gasteiger partial charge in [-0.15, -0.1) is 0 Å². The first-order valence-corrected chi connectivity index (χ1v) is 6.44. The number of benzene rings is 1. The molecule has 0 saturated heterocycles. The van der Waals surface area contributed by atoms with Crippen LogP contribution in [-0.4, -0.2) is 18.3 Å². The van der Waals surface area contributed by atoms with Gasteiger partial charge in [0.1, 0.15) is 11.8 Å². The van der Waals surface area contributed by atoms with Gasteiger partial charge in [-0.25, -0.2) is 0 Å². The second-order valence-electron chi connectivity index (χ2n) is 4.28. The zero-order valence-corrected chi connectivity index (χ0v) is 11.5. The van der Waals surface area contributed by atoms with E-state index in [1.165, 1.54) is 0 Å². The molecule has 19 heavy (non-hydrogen) atoms. The fraction of sp³-hybridized carbons (Fsp3) is 0.267. The molecule has 0 aliphatic carbocycles. The van der Waals surface area contributed by atoms with Crippen LogP contribution in [0.25, 0.3) is 0 Å². The highest BCUT2D eigenvalue weighted by Gasteiger charge is 2.08. The smallest absolute Gasteiger partial charge is 0.120 e. The number of hydrogen-bond donors (Lipinski definition) is 0. The van der Waals surface area contributed by atoms with Gasteiger partial charge < -0.3 is 9.30 Å². The molecule has 98 valence electrons. The van der Waals surface area contributed by atoms with Crippen molar-refractivity contribution in [1.82, 2.24) is 4.57 Å². The van der Waals surface area contributed by atoms with Gasteiger partial charge in [0.2, 0.25) is 0 Å². The molecular formula is C15H15ClN2O. The quantitative estimate of drug-likeness (QED) is 0.839.